The van der Waals surface area contributed by atoms with Crippen LogP contribution in [0.25, 0.3) is 0 Å². The van der Waals surface area contributed by atoms with Crippen molar-refractivity contribution in [2.75, 3.05) is 11.1 Å². The number of carbonyl (C=O) groups is 1. The van der Waals surface area contributed by atoms with Crippen molar-refractivity contribution < 1.29 is 4.79 Å². The number of allylic oxidation sites excluding steroid dienone is 2. The molecule has 1 atom stereocenters. The van der Waals surface area contributed by atoms with Gasteiger partial charge in [0.25, 0.3) is 5.56 Å². The summed E-state index contributed by atoms with van der Waals surface area (Å²) >= 11 is 3.13. The van der Waals surface area contributed by atoms with Gasteiger partial charge in [-0.3, -0.25) is 9.59 Å². The first-order valence-electron chi connectivity index (χ1n) is 9.23. The summed E-state index contributed by atoms with van der Waals surface area (Å²) in [6.07, 6.45) is 2.29. The molecule has 5 nitrogen and oxygen atoms in total. The molecule has 0 saturated carbocycles. The third kappa shape index (κ3) is 3.38. The molecular weight excluding hydrogens is 378 g/mol. The number of nitrogens with zero attached hydrogens (tertiary/aromatic N) is 1. The number of hydrogen-bond acceptors (Lipinski definition) is 6. The SMILES string of the molecule is CCCSc1nc2c(c(=O)[nH]1)[C@H](c1cccs1)C1=C(CC(C)(C)CC1=O)N2. The van der Waals surface area contributed by atoms with Crippen LogP contribution in [0.5, 0.6) is 0 Å². The van der Waals surface area contributed by atoms with E-state index < -0.39 is 0 Å². The molecule has 0 bridgehead atoms. The zero-order valence-corrected chi connectivity index (χ0v) is 17.4. The molecule has 2 aromatic rings. The lowest BCUT2D eigenvalue weighted by Gasteiger charge is -2.38. The number of fused-ring (bicyclic) bond motifs is 1. The van der Waals surface area contributed by atoms with Gasteiger partial charge in [-0.05, 0) is 29.7 Å². The van der Waals surface area contributed by atoms with Crippen LogP contribution in [-0.4, -0.2) is 21.5 Å². The van der Waals surface area contributed by atoms with Gasteiger partial charge < -0.3 is 10.3 Å². The average Bonchev–Trinajstić information content (AvgIpc) is 3.11. The van der Waals surface area contributed by atoms with Crippen LogP contribution in [0.15, 0.2) is 38.7 Å². The molecule has 0 radical (unpaired) electrons. The molecule has 0 fully saturated rings. The van der Waals surface area contributed by atoms with E-state index in [1.165, 1.54) is 0 Å². The topological polar surface area (TPSA) is 74.8 Å². The summed E-state index contributed by atoms with van der Waals surface area (Å²) in [5, 5.41) is 5.97. The molecule has 142 valence electrons. The van der Waals surface area contributed by atoms with Crippen LogP contribution in [0.1, 0.15) is 56.4 Å². The van der Waals surface area contributed by atoms with E-state index in [1.807, 2.05) is 17.5 Å². The summed E-state index contributed by atoms with van der Waals surface area (Å²) in [6, 6.07) is 3.97. The van der Waals surface area contributed by atoms with Gasteiger partial charge in [0.2, 0.25) is 0 Å². The Balaban J connectivity index is 1.89. The lowest BCUT2D eigenvalue weighted by Crippen LogP contribution is -2.36. The van der Waals surface area contributed by atoms with Crippen LogP contribution < -0.4 is 10.9 Å². The maximum Gasteiger partial charge on any atom is 0.257 e. The molecule has 0 amide bonds. The van der Waals surface area contributed by atoms with Crippen LogP contribution in [0.3, 0.4) is 0 Å². The summed E-state index contributed by atoms with van der Waals surface area (Å²) in [5.41, 5.74) is 1.97. The molecule has 1 aliphatic carbocycles. The number of Topliss-reactive ketones (excluding diaryl/α,β-unsaturated/α-hetero) is 1. The molecule has 2 N–H and O–H groups in total. The van der Waals surface area contributed by atoms with E-state index in [1.54, 1.807) is 23.1 Å². The van der Waals surface area contributed by atoms with Crippen molar-refractivity contribution in [3.05, 3.63) is 49.6 Å². The number of nitrogens with one attached hydrogen (secondary N) is 2. The van der Waals surface area contributed by atoms with Crippen LogP contribution in [0.2, 0.25) is 0 Å². The number of aromatic amines is 1. The minimum absolute atomic E-state index is 0.0958. The molecule has 2 aliphatic rings. The Morgan fingerprint density at radius 1 is 1.33 bits per heavy atom. The Kier molecular flexibility index (Phi) is 4.76. The Bertz CT molecular complexity index is 974. The average molecular weight is 402 g/mol. The first kappa shape index (κ1) is 18.5. The van der Waals surface area contributed by atoms with Crippen molar-refractivity contribution in [1.29, 1.82) is 0 Å². The highest BCUT2D eigenvalue weighted by atomic mass is 32.2. The van der Waals surface area contributed by atoms with E-state index in [0.29, 0.717) is 23.0 Å². The maximum absolute atomic E-state index is 13.0. The number of rotatable bonds is 4. The van der Waals surface area contributed by atoms with Gasteiger partial charge in [0.15, 0.2) is 10.9 Å². The molecule has 4 rings (SSSR count). The van der Waals surface area contributed by atoms with E-state index in [9.17, 15) is 9.59 Å². The van der Waals surface area contributed by atoms with E-state index >= 15 is 0 Å². The van der Waals surface area contributed by atoms with E-state index in [2.05, 4.69) is 31.1 Å². The Morgan fingerprint density at radius 2 is 2.15 bits per heavy atom. The van der Waals surface area contributed by atoms with Gasteiger partial charge in [-0.2, -0.15) is 0 Å². The first-order valence-corrected chi connectivity index (χ1v) is 11.1. The van der Waals surface area contributed by atoms with Gasteiger partial charge >= 0.3 is 0 Å². The van der Waals surface area contributed by atoms with Gasteiger partial charge in [-0.1, -0.05) is 38.6 Å². The third-order valence-corrected chi connectivity index (χ3v) is 6.99. The highest BCUT2D eigenvalue weighted by Gasteiger charge is 2.42. The standard InChI is InChI=1S/C20H23N3O2S2/c1-4-7-27-19-22-17-16(18(25)23-19)15(13-6-5-8-26-13)14-11(21-17)9-20(2,3)10-12(14)24/h5-6,8,15H,4,7,9-10H2,1-3H3,(H2,21,22,23,25)/t15-/m1/s1. The van der Waals surface area contributed by atoms with Crippen LogP contribution in [0, 0.1) is 5.41 Å². The summed E-state index contributed by atoms with van der Waals surface area (Å²) < 4.78 is 0. The van der Waals surface area contributed by atoms with Crippen LogP contribution in [0.4, 0.5) is 5.82 Å². The molecule has 1 aliphatic heterocycles. The number of H-pyrrole nitrogens is 1. The van der Waals surface area contributed by atoms with E-state index in [4.69, 9.17) is 4.98 Å². The number of carbonyl (C=O) groups excluding carboxylic acids is 1. The first-order chi connectivity index (χ1) is 12.9. The minimum Gasteiger partial charge on any atom is -0.343 e. The molecular formula is C20H23N3O2S2. The molecule has 0 aromatic carbocycles. The number of anilines is 1. The third-order valence-electron chi connectivity index (χ3n) is 4.97. The largest absolute Gasteiger partial charge is 0.343 e. The molecule has 0 spiro atoms. The summed E-state index contributed by atoms with van der Waals surface area (Å²) in [5.74, 6) is 1.29. The van der Waals surface area contributed by atoms with Gasteiger partial charge in [0, 0.05) is 28.3 Å². The van der Waals surface area contributed by atoms with Crippen molar-refractivity contribution in [2.45, 2.75) is 51.1 Å². The number of aromatic nitrogens is 2. The normalized spacial score (nSPS) is 20.9. The predicted molar refractivity (Wildman–Crippen MR) is 111 cm³/mol. The van der Waals surface area contributed by atoms with Gasteiger partial charge in [-0.25, -0.2) is 4.98 Å². The van der Waals surface area contributed by atoms with Crippen molar-refractivity contribution >= 4 is 34.7 Å². The lowest BCUT2D eigenvalue weighted by molar-refractivity contribution is -0.118. The summed E-state index contributed by atoms with van der Waals surface area (Å²) in [7, 11) is 0. The molecule has 7 heteroatoms. The second-order valence-corrected chi connectivity index (χ2v) is 9.95. The smallest absolute Gasteiger partial charge is 0.257 e. The van der Waals surface area contributed by atoms with Gasteiger partial charge in [-0.15, -0.1) is 11.3 Å². The van der Waals surface area contributed by atoms with Gasteiger partial charge in [0.05, 0.1) is 11.5 Å². The Labute approximate surface area is 166 Å². The minimum atomic E-state index is -0.332. The number of thioether (sulfide) groups is 1. The molecule has 27 heavy (non-hydrogen) atoms. The lowest BCUT2D eigenvalue weighted by atomic mass is 9.70. The van der Waals surface area contributed by atoms with Crippen molar-refractivity contribution in [2.24, 2.45) is 5.41 Å². The second-order valence-electron chi connectivity index (χ2n) is 7.89. The highest BCUT2D eigenvalue weighted by Crippen LogP contribution is 2.48. The summed E-state index contributed by atoms with van der Waals surface area (Å²) in [4.78, 5) is 34.7. The maximum atomic E-state index is 13.0. The summed E-state index contributed by atoms with van der Waals surface area (Å²) in [6.45, 7) is 6.32. The van der Waals surface area contributed by atoms with Crippen molar-refractivity contribution in [3.63, 3.8) is 0 Å². The fraction of sp³-hybridized carbons (Fsp3) is 0.450. The zero-order valence-electron chi connectivity index (χ0n) is 15.7. The van der Waals surface area contributed by atoms with Crippen molar-refractivity contribution in [1.82, 2.24) is 9.97 Å². The number of hydrogen-bond donors (Lipinski definition) is 2. The predicted octanol–water partition coefficient (Wildman–Crippen LogP) is 4.53. The molecule has 0 saturated heterocycles. The number of ketones is 1. The van der Waals surface area contributed by atoms with Crippen LogP contribution in [-0.2, 0) is 4.79 Å². The Morgan fingerprint density at radius 3 is 2.85 bits per heavy atom. The van der Waals surface area contributed by atoms with E-state index in [-0.39, 0.29) is 22.7 Å². The Hall–Kier alpha value is -1.86. The van der Waals surface area contributed by atoms with E-state index in [0.717, 1.165) is 34.7 Å². The van der Waals surface area contributed by atoms with Crippen molar-refractivity contribution in [3.8, 4) is 0 Å². The monoisotopic (exact) mass is 401 g/mol. The quantitative estimate of drug-likeness (QED) is 0.581. The molecule has 2 aromatic heterocycles. The molecule has 3 heterocycles. The second kappa shape index (κ2) is 6.95. The fourth-order valence-electron chi connectivity index (χ4n) is 3.90. The van der Waals surface area contributed by atoms with Crippen LogP contribution >= 0.6 is 23.1 Å². The zero-order chi connectivity index (χ0) is 19.2. The highest BCUT2D eigenvalue weighted by molar-refractivity contribution is 7.99. The molecule has 0 unspecified atom stereocenters. The number of thiophene rings is 1. The fourth-order valence-corrected chi connectivity index (χ4v) is 5.46. The van der Waals surface area contributed by atoms with Gasteiger partial charge in [0.1, 0.15) is 5.82 Å².